The third kappa shape index (κ3) is 4.17. The number of benzene rings is 2. The van der Waals surface area contributed by atoms with Crippen molar-refractivity contribution in [2.24, 2.45) is 0 Å². The third-order valence-corrected chi connectivity index (χ3v) is 5.04. The average molecular weight is 372 g/mol. The number of amides is 2. The minimum atomic E-state index is -0.123. The molecule has 26 heavy (non-hydrogen) atoms. The van der Waals surface area contributed by atoms with Crippen LogP contribution in [0.2, 0.25) is 5.02 Å². The number of ketones is 1. The van der Waals surface area contributed by atoms with Crippen LogP contribution in [0.15, 0.2) is 42.5 Å². The number of hydrogen-bond acceptors (Lipinski definition) is 3. The summed E-state index contributed by atoms with van der Waals surface area (Å²) in [6.45, 7) is 6.31. The van der Waals surface area contributed by atoms with Gasteiger partial charge >= 0.3 is 6.03 Å². The zero-order chi connectivity index (χ0) is 18.7. The second kappa shape index (κ2) is 7.79. The van der Waals surface area contributed by atoms with E-state index in [1.54, 1.807) is 29.2 Å². The van der Waals surface area contributed by atoms with Crippen molar-refractivity contribution in [3.05, 3.63) is 58.6 Å². The molecule has 2 amide bonds. The number of rotatable bonds is 3. The molecule has 3 rings (SSSR count). The van der Waals surface area contributed by atoms with Crippen LogP contribution in [0.4, 0.5) is 16.2 Å². The van der Waals surface area contributed by atoms with Crippen LogP contribution >= 0.6 is 11.6 Å². The van der Waals surface area contributed by atoms with Crippen molar-refractivity contribution in [2.75, 3.05) is 36.4 Å². The molecule has 1 fully saturated rings. The lowest BCUT2D eigenvalue weighted by Gasteiger charge is -2.36. The van der Waals surface area contributed by atoms with Crippen LogP contribution in [0.5, 0.6) is 0 Å². The highest BCUT2D eigenvalue weighted by Gasteiger charge is 2.21. The Hall–Kier alpha value is -2.53. The molecule has 1 saturated heterocycles. The number of Topliss-reactive ketones (excluding diaryl/α,β-unsaturated/α-hetero) is 1. The Balaban J connectivity index is 1.56. The number of hydrogen-bond donors (Lipinski definition) is 1. The summed E-state index contributed by atoms with van der Waals surface area (Å²) in [6.07, 6.45) is 0. The van der Waals surface area contributed by atoms with E-state index in [0.717, 1.165) is 29.4 Å². The number of carbonyl (C=O) groups excluding carboxylic acids is 2. The van der Waals surface area contributed by atoms with Gasteiger partial charge in [-0.3, -0.25) is 4.79 Å². The normalized spacial score (nSPS) is 14.3. The van der Waals surface area contributed by atoms with Crippen LogP contribution in [0.25, 0.3) is 0 Å². The minimum absolute atomic E-state index is 0.00945. The standard InChI is InChI=1S/C20H22ClN3O2/c1-14-3-8-18(13-19(14)21)23-9-11-24(12-10-23)20(26)22-17-6-4-16(5-7-17)15(2)25/h3-8,13H,9-12H2,1-2H3,(H,22,26). The molecular formula is C20H22ClN3O2. The van der Waals surface area contributed by atoms with E-state index in [-0.39, 0.29) is 11.8 Å². The SMILES string of the molecule is CC(=O)c1ccc(NC(=O)N2CCN(c3ccc(C)c(Cl)c3)CC2)cc1. The fraction of sp³-hybridized carbons (Fsp3) is 0.300. The van der Waals surface area contributed by atoms with Gasteiger partial charge in [-0.15, -0.1) is 0 Å². The molecule has 0 spiro atoms. The zero-order valence-corrected chi connectivity index (χ0v) is 15.7. The highest BCUT2D eigenvalue weighted by atomic mass is 35.5. The summed E-state index contributed by atoms with van der Waals surface area (Å²) in [5, 5.41) is 3.65. The van der Waals surface area contributed by atoms with E-state index in [9.17, 15) is 9.59 Å². The molecule has 6 heteroatoms. The van der Waals surface area contributed by atoms with Crippen molar-refractivity contribution >= 4 is 34.8 Å². The van der Waals surface area contributed by atoms with E-state index in [0.29, 0.717) is 24.3 Å². The fourth-order valence-electron chi connectivity index (χ4n) is 2.94. The molecule has 0 saturated carbocycles. The molecule has 0 radical (unpaired) electrons. The molecule has 0 aliphatic carbocycles. The summed E-state index contributed by atoms with van der Waals surface area (Å²) in [5.74, 6) is 0.00945. The highest BCUT2D eigenvalue weighted by Crippen LogP contribution is 2.24. The quantitative estimate of drug-likeness (QED) is 0.822. The first-order valence-electron chi connectivity index (χ1n) is 8.62. The maximum atomic E-state index is 12.4. The van der Waals surface area contributed by atoms with Gasteiger partial charge in [-0.2, -0.15) is 0 Å². The smallest absolute Gasteiger partial charge is 0.321 e. The van der Waals surface area contributed by atoms with Gasteiger partial charge in [0, 0.05) is 48.1 Å². The molecule has 136 valence electrons. The Morgan fingerprint density at radius 2 is 1.65 bits per heavy atom. The van der Waals surface area contributed by atoms with Crippen molar-refractivity contribution in [1.29, 1.82) is 0 Å². The van der Waals surface area contributed by atoms with Crippen molar-refractivity contribution in [1.82, 2.24) is 4.90 Å². The van der Waals surface area contributed by atoms with E-state index in [4.69, 9.17) is 11.6 Å². The predicted molar refractivity (Wildman–Crippen MR) is 105 cm³/mol. The van der Waals surface area contributed by atoms with Gasteiger partial charge in [-0.05, 0) is 55.8 Å². The van der Waals surface area contributed by atoms with Crippen LogP contribution in [-0.4, -0.2) is 42.9 Å². The third-order valence-electron chi connectivity index (χ3n) is 4.63. The predicted octanol–water partition coefficient (Wildman–Crippen LogP) is 4.21. The Bertz CT molecular complexity index is 812. The lowest BCUT2D eigenvalue weighted by molar-refractivity contribution is 0.101. The van der Waals surface area contributed by atoms with E-state index in [1.165, 1.54) is 6.92 Å². The number of aryl methyl sites for hydroxylation is 1. The van der Waals surface area contributed by atoms with Crippen LogP contribution in [0.3, 0.4) is 0 Å². The summed E-state index contributed by atoms with van der Waals surface area (Å²) < 4.78 is 0. The summed E-state index contributed by atoms with van der Waals surface area (Å²) in [7, 11) is 0. The Morgan fingerprint density at radius 3 is 2.23 bits per heavy atom. The summed E-state index contributed by atoms with van der Waals surface area (Å²) in [4.78, 5) is 27.8. The first-order valence-corrected chi connectivity index (χ1v) is 9.00. The summed E-state index contributed by atoms with van der Waals surface area (Å²) >= 11 is 6.21. The van der Waals surface area contributed by atoms with Gasteiger partial charge in [0.05, 0.1) is 0 Å². The van der Waals surface area contributed by atoms with Crippen molar-refractivity contribution in [3.8, 4) is 0 Å². The second-order valence-electron chi connectivity index (χ2n) is 6.47. The van der Waals surface area contributed by atoms with Gasteiger partial charge < -0.3 is 15.1 Å². The molecule has 0 bridgehead atoms. The van der Waals surface area contributed by atoms with Crippen molar-refractivity contribution in [3.63, 3.8) is 0 Å². The number of anilines is 2. The Labute approximate surface area is 158 Å². The monoisotopic (exact) mass is 371 g/mol. The maximum Gasteiger partial charge on any atom is 0.321 e. The molecule has 1 heterocycles. The molecule has 0 unspecified atom stereocenters. The van der Waals surface area contributed by atoms with E-state index < -0.39 is 0 Å². The average Bonchev–Trinajstić information content (AvgIpc) is 2.64. The molecule has 5 nitrogen and oxygen atoms in total. The Kier molecular flexibility index (Phi) is 5.47. The van der Waals surface area contributed by atoms with Crippen LogP contribution in [-0.2, 0) is 0 Å². The maximum absolute atomic E-state index is 12.4. The first kappa shape index (κ1) is 18.3. The fourth-order valence-corrected chi connectivity index (χ4v) is 3.11. The molecule has 2 aromatic carbocycles. The minimum Gasteiger partial charge on any atom is -0.368 e. The van der Waals surface area contributed by atoms with Gasteiger partial charge in [0.25, 0.3) is 0 Å². The molecule has 1 aliphatic rings. The van der Waals surface area contributed by atoms with Crippen LogP contribution < -0.4 is 10.2 Å². The number of carbonyl (C=O) groups is 2. The lowest BCUT2D eigenvalue weighted by atomic mass is 10.1. The molecule has 1 aliphatic heterocycles. The van der Waals surface area contributed by atoms with Crippen LogP contribution in [0.1, 0.15) is 22.8 Å². The number of halogens is 1. The number of piperazine rings is 1. The zero-order valence-electron chi connectivity index (χ0n) is 15.0. The van der Waals surface area contributed by atoms with E-state index >= 15 is 0 Å². The molecular weight excluding hydrogens is 350 g/mol. The molecule has 0 aromatic heterocycles. The number of nitrogens with zero attached hydrogens (tertiary/aromatic N) is 2. The number of nitrogens with one attached hydrogen (secondary N) is 1. The van der Waals surface area contributed by atoms with Gasteiger partial charge in [0.2, 0.25) is 0 Å². The largest absolute Gasteiger partial charge is 0.368 e. The topological polar surface area (TPSA) is 52.7 Å². The summed E-state index contributed by atoms with van der Waals surface area (Å²) in [6, 6.07) is 12.9. The number of urea groups is 1. The van der Waals surface area contributed by atoms with Gasteiger partial charge in [0.15, 0.2) is 5.78 Å². The van der Waals surface area contributed by atoms with Gasteiger partial charge in [-0.25, -0.2) is 4.79 Å². The summed E-state index contributed by atoms with van der Waals surface area (Å²) in [5.41, 5.74) is 3.46. The second-order valence-corrected chi connectivity index (χ2v) is 6.88. The highest BCUT2D eigenvalue weighted by molar-refractivity contribution is 6.31. The molecule has 1 N–H and O–H groups in total. The van der Waals surface area contributed by atoms with Gasteiger partial charge in [-0.1, -0.05) is 17.7 Å². The van der Waals surface area contributed by atoms with Crippen molar-refractivity contribution in [2.45, 2.75) is 13.8 Å². The van der Waals surface area contributed by atoms with Crippen molar-refractivity contribution < 1.29 is 9.59 Å². The van der Waals surface area contributed by atoms with Crippen LogP contribution in [0, 0.1) is 6.92 Å². The first-order chi connectivity index (χ1) is 12.4. The Morgan fingerprint density at radius 1 is 1.00 bits per heavy atom. The lowest BCUT2D eigenvalue weighted by Crippen LogP contribution is -2.50. The molecule has 2 aromatic rings. The van der Waals surface area contributed by atoms with E-state index in [1.807, 2.05) is 19.1 Å². The van der Waals surface area contributed by atoms with E-state index in [2.05, 4.69) is 16.3 Å². The van der Waals surface area contributed by atoms with Gasteiger partial charge in [0.1, 0.15) is 0 Å². The molecule has 0 atom stereocenters.